The van der Waals surface area contributed by atoms with Crippen LogP contribution in [0.5, 0.6) is 0 Å². The lowest BCUT2D eigenvalue weighted by molar-refractivity contribution is 0.638. The van der Waals surface area contributed by atoms with Crippen LogP contribution in [0.25, 0.3) is 5.78 Å². The molecule has 1 aliphatic rings. The first-order chi connectivity index (χ1) is 12.2. The van der Waals surface area contributed by atoms with Gasteiger partial charge in [0.2, 0.25) is 0 Å². The smallest absolute Gasteiger partial charge is 0.254 e. The number of nitriles is 1. The number of piperazine rings is 1. The first-order valence-electron chi connectivity index (χ1n) is 8.02. The number of anilines is 2. The summed E-state index contributed by atoms with van der Waals surface area (Å²) in [6.07, 6.45) is 1.52. The van der Waals surface area contributed by atoms with Gasteiger partial charge in [0.05, 0.1) is 11.3 Å². The largest absolute Gasteiger partial charge is 0.367 e. The molecule has 1 aliphatic heterocycles. The van der Waals surface area contributed by atoms with Crippen LogP contribution in [0.2, 0.25) is 5.02 Å². The van der Waals surface area contributed by atoms with Gasteiger partial charge in [-0.2, -0.15) is 19.9 Å². The van der Waals surface area contributed by atoms with E-state index in [-0.39, 0.29) is 0 Å². The standard InChI is InChI=1S/C17H16ClN7/c1-12-8-16(25-17(22-12)20-11-21-25)24-6-4-23(5-7-24)15-3-2-14(18)9-13(15)10-19/h2-3,8-9,11H,4-7H2,1H3. The van der Waals surface area contributed by atoms with Gasteiger partial charge in [0, 0.05) is 43.0 Å². The molecule has 2 aromatic heterocycles. The van der Waals surface area contributed by atoms with E-state index in [9.17, 15) is 5.26 Å². The maximum absolute atomic E-state index is 9.36. The maximum Gasteiger partial charge on any atom is 0.254 e. The van der Waals surface area contributed by atoms with Gasteiger partial charge in [0.1, 0.15) is 18.2 Å². The van der Waals surface area contributed by atoms with Crippen LogP contribution in [0.4, 0.5) is 11.5 Å². The summed E-state index contributed by atoms with van der Waals surface area (Å²) in [5.74, 6) is 1.61. The Morgan fingerprint density at radius 1 is 1.12 bits per heavy atom. The van der Waals surface area contributed by atoms with E-state index in [2.05, 4.69) is 30.9 Å². The van der Waals surface area contributed by atoms with Gasteiger partial charge < -0.3 is 9.80 Å². The highest BCUT2D eigenvalue weighted by atomic mass is 35.5. The number of nitrogens with zero attached hydrogens (tertiary/aromatic N) is 7. The molecule has 0 N–H and O–H groups in total. The fourth-order valence-electron chi connectivity index (χ4n) is 3.19. The SMILES string of the molecule is Cc1cc(N2CCN(c3ccc(Cl)cc3C#N)CC2)n2ncnc2n1. The second-order valence-electron chi connectivity index (χ2n) is 5.97. The van der Waals surface area contributed by atoms with Gasteiger partial charge >= 0.3 is 0 Å². The molecule has 0 amide bonds. The van der Waals surface area contributed by atoms with Crippen LogP contribution in [-0.4, -0.2) is 45.8 Å². The Labute approximate surface area is 150 Å². The predicted molar refractivity (Wildman–Crippen MR) is 96.1 cm³/mol. The number of halogens is 1. The van der Waals surface area contributed by atoms with Crippen molar-refractivity contribution in [1.29, 1.82) is 5.26 Å². The van der Waals surface area contributed by atoms with Crippen LogP contribution in [0.3, 0.4) is 0 Å². The van der Waals surface area contributed by atoms with Gasteiger partial charge in [-0.15, -0.1) is 0 Å². The second kappa shape index (κ2) is 6.22. The Balaban J connectivity index is 1.58. The third-order valence-corrected chi connectivity index (χ3v) is 4.62. The fraction of sp³-hybridized carbons (Fsp3) is 0.294. The summed E-state index contributed by atoms with van der Waals surface area (Å²) in [6, 6.07) is 9.73. The van der Waals surface area contributed by atoms with E-state index in [4.69, 9.17) is 11.6 Å². The Morgan fingerprint density at radius 2 is 1.88 bits per heavy atom. The van der Waals surface area contributed by atoms with E-state index in [0.717, 1.165) is 43.4 Å². The van der Waals surface area contributed by atoms with E-state index >= 15 is 0 Å². The molecule has 0 radical (unpaired) electrons. The highest BCUT2D eigenvalue weighted by molar-refractivity contribution is 6.30. The molecule has 1 fully saturated rings. The zero-order valence-corrected chi connectivity index (χ0v) is 14.5. The molecule has 4 rings (SSSR count). The van der Waals surface area contributed by atoms with Crippen LogP contribution in [0.1, 0.15) is 11.3 Å². The van der Waals surface area contributed by atoms with Gasteiger partial charge in [-0.05, 0) is 25.1 Å². The lowest BCUT2D eigenvalue weighted by Gasteiger charge is -2.37. The van der Waals surface area contributed by atoms with Gasteiger partial charge in [-0.3, -0.25) is 0 Å². The summed E-state index contributed by atoms with van der Waals surface area (Å²) in [4.78, 5) is 13.1. The van der Waals surface area contributed by atoms with Crippen molar-refractivity contribution in [1.82, 2.24) is 19.6 Å². The van der Waals surface area contributed by atoms with E-state index in [0.29, 0.717) is 16.4 Å². The molecule has 0 unspecified atom stereocenters. The lowest BCUT2D eigenvalue weighted by Crippen LogP contribution is -2.47. The molecule has 7 nitrogen and oxygen atoms in total. The summed E-state index contributed by atoms with van der Waals surface area (Å²) in [5.41, 5.74) is 2.46. The molecule has 0 atom stereocenters. The topological polar surface area (TPSA) is 73.3 Å². The van der Waals surface area contributed by atoms with Gasteiger partial charge in [0.15, 0.2) is 0 Å². The van der Waals surface area contributed by atoms with E-state index in [1.165, 1.54) is 6.33 Å². The minimum Gasteiger partial charge on any atom is -0.367 e. The van der Waals surface area contributed by atoms with Crippen LogP contribution in [-0.2, 0) is 0 Å². The zero-order chi connectivity index (χ0) is 17.4. The summed E-state index contributed by atoms with van der Waals surface area (Å²) in [5, 5.41) is 14.2. The number of rotatable bonds is 2. The molecule has 25 heavy (non-hydrogen) atoms. The number of hydrogen-bond acceptors (Lipinski definition) is 6. The second-order valence-corrected chi connectivity index (χ2v) is 6.41. The third kappa shape index (κ3) is 2.85. The molecule has 0 saturated carbocycles. The van der Waals surface area contributed by atoms with Gasteiger partial charge in [-0.25, -0.2) is 4.98 Å². The molecule has 0 spiro atoms. The maximum atomic E-state index is 9.36. The molecular formula is C17H16ClN7. The number of benzene rings is 1. The van der Waals surface area contributed by atoms with Crippen molar-refractivity contribution in [3.63, 3.8) is 0 Å². The van der Waals surface area contributed by atoms with Crippen LogP contribution >= 0.6 is 11.6 Å². The third-order valence-electron chi connectivity index (χ3n) is 4.38. The van der Waals surface area contributed by atoms with Gasteiger partial charge in [0.25, 0.3) is 5.78 Å². The summed E-state index contributed by atoms with van der Waals surface area (Å²) >= 11 is 6.00. The normalized spacial score (nSPS) is 14.8. The molecule has 1 saturated heterocycles. The fourth-order valence-corrected chi connectivity index (χ4v) is 3.36. The molecule has 0 bridgehead atoms. The summed E-state index contributed by atoms with van der Waals surface area (Å²) < 4.78 is 1.77. The van der Waals surface area contributed by atoms with Crippen LogP contribution in [0.15, 0.2) is 30.6 Å². The highest BCUT2D eigenvalue weighted by Gasteiger charge is 2.22. The molecule has 3 aromatic rings. The molecule has 3 heterocycles. The van der Waals surface area contributed by atoms with Crippen molar-refractivity contribution >= 4 is 28.9 Å². The Kier molecular flexibility index (Phi) is 3.90. The number of aromatic nitrogens is 4. The minimum atomic E-state index is 0.583. The first kappa shape index (κ1) is 15.7. The predicted octanol–water partition coefficient (Wildman–Crippen LogP) is 2.28. The van der Waals surface area contributed by atoms with Gasteiger partial charge in [-0.1, -0.05) is 11.6 Å². The molecule has 1 aromatic carbocycles. The first-order valence-corrected chi connectivity index (χ1v) is 8.40. The van der Waals surface area contributed by atoms with E-state index in [1.54, 1.807) is 10.6 Å². The monoisotopic (exact) mass is 353 g/mol. The average molecular weight is 354 g/mol. The summed E-state index contributed by atoms with van der Waals surface area (Å²) in [7, 11) is 0. The highest BCUT2D eigenvalue weighted by Crippen LogP contribution is 2.26. The van der Waals surface area contributed by atoms with Crippen molar-refractivity contribution in [2.45, 2.75) is 6.92 Å². The molecule has 126 valence electrons. The van der Waals surface area contributed by atoms with Crippen molar-refractivity contribution in [3.8, 4) is 6.07 Å². The van der Waals surface area contributed by atoms with Crippen molar-refractivity contribution < 1.29 is 0 Å². The van der Waals surface area contributed by atoms with Crippen molar-refractivity contribution in [2.75, 3.05) is 36.0 Å². The molecular weight excluding hydrogens is 338 g/mol. The number of aryl methyl sites for hydroxylation is 1. The van der Waals surface area contributed by atoms with Crippen LogP contribution < -0.4 is 9.80 Å². The number of fused-ring (bicyclic) bond motifs is 1. The molecule has 8 heteroatoms. The van der Waals surface area contributed by atoms with Crippen molar-refractivity contribution in [2.24, 2.45) is 0 Å². The minimum absolute atomic E-state index is 0.583. The lowest BCUT2D eigenvalue weighted by atomic mass is 10.1. The Bertz CT molecular complexity index is 967. The van der Waals surface area contributed by atoms with E-state index in [1.807, 2.05) is 25.1 Å². The average Bonchev–Trinajstić information content (AvgIpc) is 3.09. The Hall–Kier alpha value is -2.85. The van der Waals surface area contributed by atoms with Crippen molar-refractivity contribution in [3.05, 3.63) is 46.9 Å². The molecule has 0 aliphatic carbocycles. The number of hydrogen-bond donors (Lipinski definition) is 0. The Morgan fingerprint density at radius 3 is 2.64 bits per heavy atom. The summed E-state index contributed by atoms with van der Waals surface area (Å²) in [6.45, 7) is 5.24. The van der Waals surface area contributed by atoms with Crippen LogP contribution in [0, 0.1) is 18.3 Å². The zero-order valence-electron chi connectivity index (χ0n) is 13.7. The quantitative estimate of drug-likeness (QED) is 0.703. The van der Waals surface area contributed by atoms with E-state index < -0.39 is 0 Å².